The maximum absolute atomic E-state index is 16.0. The fourth-order valence-electron chi connectivity index (χ4n) is 7.73. The van der Waals surface area contributed by atoms with Crippen molar-refractivity contribution in [1.29, 1.82) is 0 Å². The number of benzene rings is 4. The SMILES string of the molecule is COC[C@@H]1COc2c(S(=O)(=NC(c3ccccc3)(c3ccccc3)c3ccccc3)NC(=O)Nc3c4c(cc5c3CCC5)CCC4)cnn21. The quantitative estimate of drug-likeness (QED) is 0.164. The van der Waals surface area contributed by atoms with Gasteiger partial charge in [-0.1, -0.05) is 97.1 Å². The Morgan fingerprint density at radius 3 is 1.98 bits per heavy atom. The molecular weight excluding hydrogens is 635 g/mol. The number of fused-ring (bicyclic) bond motifs is 3. The van der Waals surface area contributed by atoms with E-state index in [1.54, 1.807) is 11.8 Å². The van der Waals surface area contributed by atoms with Gasteiger partial charge in [-0.05, 0) is 77.5 Å². The minimum atomic E-state index is -3.82. The number of carbonyl (C=O) groups excluding carboxylic acids is 1. The lowest BCUT2D eigenvalue weighted by atomic mass is 9.78. The van der Waals surface area contributed by atoms with Gasteiger partial charge in [-0.15, -0.1) is 0 Å². The molecule has 5 aromatic rings. The average Bonchev–Trinajstić information content (AvgIpc) is 3.95. The van der Waals surface area contributed by atoms with Crippen molar-refractivity contribution >= 4 is 21.6 Å². The Hall–Kier alpha value is -4.93. The Labute approximate surface area is 287 Å². The molecule has 0 saturated carbocycles. The molecule has 0 spiro atoms. The minimum absolute atomic E-state index is 0.206. The van der Waals surface area contributed by atoms with E-state index in [4.69, 9.17) is 13.8 Å². The predicted octanol–water partition coefficient (Wildman–Crippen LogP) is 7.00. The highest BCUT2D eigenvalue weighted by Crippen LogP contribution is 2.44. The summed E-state index contributed by atoms with van der Waals surface area (Å²) in [6.45, 7) is 0.668. The van der Waals surface area contributed by atoms with Crippen LogP contribution in [0, 0.1) is 0 Å². The molecule has 1 aromatic heterocycles. The van der Waals surface area contributed by atoms with Gasteiger partial charge in [-0.3, -0.25) is 0 Å². The molecule has 3 aliphatic rings. The highest BCUT2D eigenvalue weighted by atomic mass is 32.2. The van der Waals surface area contributed by atoms with Crippen LogP contribution in [-0.2, 0) is 45.9 Å². The number of hydrogen-bond donors (Lipinski definition) is 2. The van der Waals surface area contributed by atoms with Crippen LogP contribution in [0.3, 0.4) is 0 Å². The summed E-state index contributed by atoms with van der Waals surface area (Å²) >= 11 is 0. The lowest BCUT2D eigenvalue weighted by Crippen LogP contribution is -2.38. The van der Waals surface area contributed by atoms with Gasteiger partial charge in [0.1, 0.15) is 23.1 Å². The number of rotatable bonds is 9. The lowest BCUT2D eigenvalue weighted by Gasteiger charge is -2.33. The molecule has 1 aliphatic heterocycles. The summed E-state index contributed by atoms with van der Waals surface area (Å²) in [5.41, 5.74) is 6.91. The van der Waals surface area contributed by atoms with Gasteiger partial charge in [-0.25, -0.2) is 18.4 Å². The lowest BCUT2D eigenvalue weighted by molar-refractivity contribution is 0.145. The number of methoxy groups -OCH3 is 1. The molecular formula is C39H39N5O4S. The van der Waals surface area contributed by atoms with Crippen LogP contribution in [0.1, 0.15) is 57.8 Å². The maximum atomic E-state index is 16.0. The van der Waals surface area contributed by atoms with Crippen molar-refractivity contribution in [2.75, 3.05) is 25.6 Å². The van der Waals surface area contributed by atoms with Crippen molar-refractivity contribution < 1.29 is 18.5 Å². The van der Waals surface area contributed by atoms with Gasteiger partial charge in [0.25, 0.3) is 0 Å². The summed E-state index contributed by atoms with van der Waals surface area (Å²) < 4.78 is 37.5. The molecule has 2 atom stereocenters. The van der Waals surface area contributed by atoms with E-state index in [-0.39, 0.29) is 10.9 Å². The van der Waals surface area contributed by atoms with Crippen LogP contribution in [0.25, 0.3) is 0 Å². The topological polar surface area (TPSA) is 107 Å². The first kappa shape index (κ1) is 31.3. The summed E-state index contributed by atoms with van der Waals surface area (Å²) in [5, 5.41) is 7.78. The summed E-state index contributed by atoms with van der Waals surface area (Å²) in [6, 6.07) is 30.9. The second-order valence-electron chi connectivity index (χ2n) is 12.9. The third-order valence-electron chi connectivity index (χ3n) is 9.92. The summed E-state index contributed by atoms with van der Waals surface area (Å²) in [7, 11) is -2.20. The number of urea groups is 1. The first-order valence-corrected chi connectivity index (χ1v) is 18.4. The van der Waals surface area contributed by atoms with E-state index in [1.165, 1.54) is 28.5 Å². The molecule has 2 N–H and O–H groups in total. The molecule has 1 unspecified atom stereocenters. The number of aromatic nitrogens is 2. The number of aryl methyl sites for hydroxylation is 2. The van der Waals surface area contributed by atoms with Crippen LogP contribution in [0.15, 0.2) is 113 Å². The molecule has 250 valence electrons. The molecule has 2 amide bonds. The number of ether oxygens (including phenoxy) is 2. The van der Waals surface area contributed by atoms with Crippen LogP contribution in [-0.4, -0.2) is 40.3 Å². The van der Waals surface area contributed by atoms with Gasteiger partial charge in [0.2, 0.25) is 5.88 Å². The van der Waals surface area contributed by atoms with E-state index >= 15 is 4.21 Å². The Balaban J connectivity index is 1.34. The van der Waals surface area contributed by atoms with E-state index in [0.29, 0.717) is 19.1 Å². The standard InChI is InChI=1S/C39H39N5O4S/c1-47-25-32-26-48-37-35(24-40-44(32)37)49(46,42-38(45)41-36-33-21-11-13-27(33)23-28-14-12-22-34(28)36)43-39(29-15-5-2-6-16-29,30-17-7-3-8-18-30)31-19-9-4-10-20-31/h2-10,15-20,23-24,32H,11-14,21-22,25-26H2,1H3,(H2,41,42,43,45,46)/t32-,49?/m1/s1. The number of hydrogen-bond acceptors (Lipinski definition) is 6. The Kier molecular flexibility index (Phi) is 8.21. The number of anilines is 1. The number of carbonyl (C=O) groups is 1. The van der Waals surface area contributed by atoms with Crippen molar-refractivity contribution in [2.45, 2.75) is 55.0 Å². The van der Waals surface area contributed by atoms with E-state index < -0.39 is 21.5 Å². The van der Waals surface area contributed by atoms with Crippen molar-refractivity contribution in [2.24, 2.45) is 4.36 Å². The highest BCUT2D eigenvalue weighted by molar-refractivity contribution is 7.92. The normalized spacial score (nSPS) is 17.4. The van der Waals surface area contributed by atoms with Crippen LogP contribution in [0.4, 0.5) is 10.5 Å². The Bertz CT molecular complexity index is 2000. The van der Waals surface area contributed by atoms with Gasteiger partial charge in [0.15, 0.2) is 9.92 Å². The summed E-state index contributed by atoms with van der Waals surface area (Å²) in [6.07, 6.45) is 7.43. The van der Waals surface area contributed by atoms with Crippen LogP contribution < -0.4 is 14.8 Å². The fourth-order valence-corrected chi connectivity index (χ4v) is 9.56. The molecule has 10 heteroatoms. The molecule has 2 aliphatic carbocycles. The number of amides is 2. The van der Waals surface area contributed by atoms with Gasteiger partial charge in [0, 0.05) is 12.8 Å². The molecule has 8 rings (SSSR count). The zero-order valence-electron chi connectivity index (χ0n) is 27.4. The molecule has 0 bridgehead atoms. The highest BCUT2D eigenvalue weighted by Gasteiger charge is 2.41. The monoisotopic (exact) mass is 673 g/mol. The van der Waals surface area contributed by atoms with Crippen LogP contribution in [0.5, 0.6) is 5.88 Å². The van der Waals surface area contributed by atoms with Gasteiger partial charge < -0.3 is 14.8 Å². The Morgan fingerprint density at radius 1 is 0.898 bits per heavy atom. The van der Waals surface area contributed by atoms with Gasteiger partial charge >= 0.3 is 6.03 Å². The van der Waals surface area contributed by atoms with Crippen molar-refractivity contribution in [3.05, 3.63) is 142 Å². The van der Waals surface area contributed by atoms with Crippen molar-refractivity contribution in [3.63, 3.8) is 0 Å². The first-order chi connectivity index (χ1) is 24.0. The fraction of sp³-hybridized carbons (Fsp3) is 0.282. The summed E-state index contributed by atoms with van der Waals surface area (Å²) in [4.78, 5) is 14.5. The van der Waals surface area contributed by atoms with Gasteiger partial charge in [-0.2, -0.15) is 9.46 Å². The van der Waals surface area contributed by atoms with E-state index in [0.717, 1.165) is 60.9 Å². The largest absolute Gasteiger partial charge is 0.475 e. The zero-order valence-corrected chi connectivity index (χ0v) is 28.2. The van der Waals surface area contributed by atoms with Gasteiger partial charge in [0.05, 0.1) is 12.8 Å². The molecule has 49 heavy (non-hydrogen) atoms. The van der Waals surface area contributed by atoms with Crippen LogP contribution >= 0.6 is 0 Å². The molecule has 0 saturated heterocycles. The van der Waals surface area contributed by atoms with Crippen LogP contribution in [0.2, 0.25) is 0 Å². The van der Waals surface area contributed by atoms with E-state index in [1.807, 2.05) is 91.0 Å². The first-order valence-electron chi connectivity index (χ1n) is 16.9. The smallest absolute Gasteiger partial charge is 0.331 e. The minimum Gasteiger partial charge on any atom is -0.475 e. The molecule has 0 radical (unpaired) electrons. The average molecular weight is 674 g/mol. The zero-order chi connectivity index (χ0) is 33.4. The van der Waals surface area contributed by atoms with Crippen molar-refractivity contribution in [1.82, 2.24) is 14.5 Å². The molecule has 0 fully saturated rings. The molecule has 2 heterocycles. The van der Waals surface area contributed by atoms with Crippen molar-refractivity contribution in [3.8, 4) is 5.88 Å². The molecule has 9 nitrogen and oxygen atoms in total. The predicted molar refractivity (Wildman–Crippen MR) is 189 cm³/mol. The maximum Gasteiger partial charge on any atom is 0.331 e. The van der Waals surface area contributed by atoms with E-state index in [2.05, 4.69) is 21.2 Å². The third-order valence-corrected chi connectivity index (χ3v) is 11.8. The third kappa shape index (κ3) is 5.49. The second-order valence-corrected chi connectivity index (χ2v) is 14.8. The number of nitrogens with zero attached hydrogens (tertiary/aromatic N) is 3. The summed E-state index contributed by atoms with van der Waals surface area (Å²) in [5.74, 6) is 0.306. The van der Waals surface area contributed by atoms with E-state index in [9.17, 15) is 4.79 Å². The number of nitrogens with one attached hydrogen (secondary N) is 2. The molecule has 4 aromatic carbocycles. The second kappa shape index (κ2) is 12.8. The Morgan fingerprint density at radius 2 is 1.45 bits per heavy atom.